The first-order valence-corrected chi connectivity index (χ1v) is 8.41. The number of sulfonamides is 1. The van der Waals surface area contributed by atoms with Gasteiger partial charge in [-0.15, -0.1) is 0 Å². The monoisotopic (exact) mass is 306 g/mol. The van der Waals surface area contributed by atoms with Crippen LogP contribution in [0.15, 0.2) is 35.7 Å². The fraction of sp³-hybridized carbons (Fsp3) is 0.357. The number of hydrogen-bond donors (Lipinski definition) is 2. The zero-order valence-corrected chi connectivity index (χ0v) is 12.7. The van der Waals surface area contributed by atoms with Crippen LogP contribution >= 0.6 is 0 Å². The molecule has 21 heavy (non-hydrogen) atoms. The lowest BCUT2D eigenvalue weighted by molar-refractivity contribution is 0.598. The highest BCUT2D eigenvalue weighted by molar-refractivity contribution is 7.92. The molecule has 1 aromatic heterocycles. The van der Waals surface area contributed by atoms with Crippen molar-refractivity contribution in [2.45, 2.75) is 24.8 Å². The minimum atomic E-state index is -3.61. The molecule has 2 N–H and O–H groups in total. The van der Waals surface area contributed by atoms with Crippen molar-refractivity contribution in [3.8, 4) is 0 Å². The number of hydrogen-bond acceptors (Lipinski definition) is 4. The van der Waals surface area contributed by atoms with Crippen molar-refractivity contribution < 1.29 is 8.42 Å². The third-order valence-electron chi connectivity index (χ3n) is 3.69. The first kappa shape index (κ1) is 13.9. The van der Waals surface area contributed by atoms with E-state index < -0.39 is 10.0 Å². The average molecular weight is 306 g/mol. The molecule has 6 nitrogen and oxygen atoms in total. The van der Waals surface area contributed by atoms with Crippen molar-refractivity contribution in [1.29, 1.82) is 0 Å². The van der Waals surface area contributed by atoms with Gasteiger partial charge in [-0.1, -0.05) is 0 Å². The van der Waals surface area contributed by atoms with Crippen molar-refractivity contribution >= 4 is 21.4 Å². The molecule has 112 valence electrons. The topological polar surface area (TPSA) is 78.1 Å². The SMILES string of the molecule is Cc1cc(N2CCCC2)ccc1NS(=O)(=O)c1cnc[nH]1. The van der Waals surface area contributed by atoms with Gasteiger partial charge in [0.25, 0.3) is 10.0 Å². The summed E-state index contributed by atoms with van der Waals surface area (Å²) in [6.45, 7) is 4.04. The van der Waals surface area contributed by atoms with Crippen LogP contribution in [0.3, 0.4) is 0 Å². The van der Waals surface area contributed by atoms with E-state index in [2.05, 4.69) is 19.6 Å². The van der Waals surface area contributed by atoms with Gasteiger partial charge in [0.05, 0.1) is 18.2 Å². The van der Waals surface area contributed by atoms with Gasteiger partial charge in [-0.2, -0.15) is 8.42 Å². The van der Waals surface area contributed by atoms with Gasteiger partial charge in [0.15, 0.2) is 5.03 Å². The highest BCUT2D eigenvalue weighted by Gasteiger charge is 2.18. The molecule has 7 heteroatoms. The molecule has 2 heterocycles. The molecular weight excluding hydrogens is 288 g/mol. The third-order valence-corrected chi connectivity index (χ3v) is 4.98. The number of imidazole rings is 1. The van der Waals surface area contributed by atoms with Crippen molar-refractivity contribution in [3.05, 3.63) is 36.3 Å². The van der Waals surface area contributed by atoms with Crippen LogP contribution in [0.4, 0.5) is 11.4 Å². The number of anilines is 2. The maximum Gasteiger partial charge on any atom is 0.278 e. The van der Waals surface area contributed by atoms with E-state index in [9.17, 15) is 8.42 Å². The van der Waals surface area contributed by atoms with Crippen molar-refractivity contribution in [1.82, 2.24) is 9.97 Å². The van der Waals surface area contributed by atoms with Crippen LogP contribution in [0.25, 0.3) is 0 Å². The van der Waals surface area contributed by atoms with E-state index in [1.807, 2.05) is 25.1 Å². The second kappa shape index (κ2) is 5.40. The summed E-state index contributed by atoms with van der Waals surface area (Å²) in [7, 11) is -3.61. The Bertz CT molecular complexity index is 719. The molecule has 0 radical (unpaired) electrons. The Kier molecular flexibility index (Phi) is 3.59. The summed E-state index contributed by atoms with van der Waals surface area (Å²) in [5.74, 6) is 0. The molecule has 0 bridgehead atoms. The van der Waals surface area contributed by atoms with Gasteiger partial charge < -0.3 is 9.88 Å². The molecule has 1 aliphatic rings. The second-order valence-electron chi connectivity index (χ2n) is 5.21. The molecule has 0 atom stereocenters. The molecule has 0 unspecified atom stereocenters. The van der Waals surface area contributed by atoms with E-state index in [1.54, 1.807) is 0 Å². The van der Waals surface area contributed by atoms with E-state index in [1.165, 1.54) is 25.4 Å². The summed E-state index contributed by atoms with van der Waals surface area (Å²) in [4.78, 5) is 8.66. The normalized spacial score (nSPS) is 15.4. The minimum absolute atomic E-state index is 0.0607. The highest BCUT2D eigenvalue weighted by atomic mass is 32.2. The van der Waals surface area contributed by atoms with Gasteiger partial charge in [-0.3, -0.25) is 4.72 Å². The molecule has 0 amide bonds. The fourth-order valence-corrected chi connectivity index (χ4v) is 3.56. The number of nitrogens with zero attached hydrogens (tertiary/aromatic N) is 2. The number of H-pyrrole nitrogens is 1. The Labute approximate surface area is 124 Å². The quantitative estimate of drug-likeness (QED) is 0.907. The van der Waals surface area contributed by atoms with E-state index in [-0.39, 0.29) is 5.03 Å². The van der Waals surface area contributed by atoms with E-state index in [4.69, 9.17) is 0 Å². The zero-order valence-electron chi connectivity index (χ0n) is 11.8. The molecule has 2 aromatic rings. The van der Waals surface area contributed by atoms with Gasteiger partial charge in [0, 0.05) is 18.8 Å². The Morgan fingerprint density at radius 2 is 2.05 bits per heavy atom. The summed E-state index contributed by atoms with van der Waals surface area (Å²) >= 11 is 0. The molecule has 1 aliphatic heterocycles. The second-order valence-corrected chi connectivity index (χ2v) is 6.87. The number of benzene rings is 1. The molecule has 3 rings (SSSR count). The smallest absolute Gasteiger partial charge is 0.278 e. The third kappa shape index (κ3) is 2.87. The molecule has 0 saturated carbocycles. The lowest BCUT2D eigenvalue weighted by Crippen LogP contribution is -2.18. The summed E-state index contributed by atoms with van der Waals surface area (Å²) in [5, 5.41) is 0.0607. The first-order valence-electron chi connectivity index (χ1n) is 6.93. The van der Waals surface area contributed by atoms with Crippen LogP contribution in [0.2, 0.25) is 0 Å². The maximum absolute atomic E-state index is 12.2. The van der Waals surface area contributed by atoms with Crippen LogP contribution in [0, 0.1) is 6.92 Å². The molecular formula is C14H18N4O2S. The lowest BCUT2D eigenvalue weighted by atomic mass is 10.2. The van der Waals surface area contributed by atoms with Gasteiger partial charge in [0.2, 0.25) is 0 Å². The largest absolute Gasteiger partial charge is 0.372 e. The number of aromatic amines is 1. The standard InChI is InChI=1S/C14H18N4O2S/c1-11-8-12(18-6-2-3-7-18)4-5-13(11)17-21(19,20)14-9-15-10-16-14/h4-5,8-10,17H,2-3,6-7H2,1H3,(H,15,16). The molecule has 1 saturated heterocycles. The van der Waals surface area contributed by atoms with Crippen molar-refractivity contribution in [2.24, 2.45) is 0 Å². The molecule has 1 aromatic carbocycles. The molecule has 0 aliphatic carbocycles. The zero-order chi connectivity index (χ0) is 14.9. The summed E-state index contributed by atoms with van der Waals surface area (Å²) in [5.41, 5.74) is 2.64. The Morgan fingerprint density at radius 3 is 2.67 bits per heavy atom. The highest BCUT2D eigenvalue weighted by Crippen LogP contribution is 2.26. The van der Waals surface area contributed by atoms with Gasteiger partial charge in [-0.05, 0) is 43.5 Å². The molecule has 1 fully saturated rings. The maximum atomic E-state index is 12.2. The Morgan fingerprint density at radius 1 is 1.29 bits per heavy atom. The molecule has 0 spiro atoms. The summed E-state index contributed by atoms with van der Waals surface area (Å²) in [6, 6.07) is 5.80. The lowest BCUT2D eigenvalue weighted by Gasteiger charge is -2.19. The number of aromatic nitrogens is 2. The van der Waals surface area contributed by atoms with Crippen molar-refractivity contribution in [3.63, 3.8) is 0 Å². The van der Waals surface area contributed by atoms with Gasteiger partial charge >= 0.3 is 0 Å². The number of nitrogens with one attached hydrogen (secondary N) is 2. The van der Waals surface area contributed by atoms with E-state index >= 15 is 0 Å². The van der Waals surface area contributed by atoms with E-state index in [0.717, 1.165) is 24.3 Å². The van der Waals surface area contributed by atoms with Crippen LogP contribution in [-0.4, -0.2) is 31.5 Å². The first-order chi connectivity index (χ1) is 10.1. The van der Waals surface area contributed by atoms with E-state index in [0.29, 0.717) is 5.69 Å². The van der Waals surface area contributed by atoms with Crippen LogP contribution in [-0.2, 0) is 10.0 Å². The van der Waals surface area contributed by atoms with Crippen LogP contribution in [0.5, 0.6) is 0 Å². The Hall–Kier alpha value is -2.02. The van der Waals surface area contributed by atoms with Crippen LogP contribution < -0.4 is 9.62 Å². The average Bonchev–Trinajstić information content (AvgIpc) is 3.14. The number of aryl methyl sites for hydroxylation is 1. The number of rotatable bonds is 4. The fourth-order valence-electron chi connectivity index (χ4n) is 2.52. The van der Waals surface area contributed by atoms with Crippen LogP contribution in [0.1, 0.15) is 18.4 Å². The Balaban J connectivity index is 1.83. The summed E-state index contributed by atoms with van der Waals surface area (Å²) < 4.78 is 26.9. The minimum Gasteiger partial charge on any atom is -0.372 e. The van der Waals surface area contributed by atoms with Gasteiger partial charge in [0.1, 0.15) is 0 Å². The summed E-state index contributed by atoms with van der Waals surface area (Å²) in [6.07, 6.45) is 5.06. The predicted molar refractivity (Wildman–Crippen MR) is 82.0 cm³/mol. The predicted octanol–water partition coefficient (Wildman–Crippen LogP) is 2.12. The van der Waals surface area contributed by atoms with Crippen molar-refractivity contribution in [2.75, 3.05) is 22.7 Å². The van der Waals surface area contributed by atoms with Gasteiger partial charge in [-0.25, -0.2) is 4.98 Å².